The van der Waals surface area contributed by atoms with Crippen molar-refractivity contribution in [3.05, 3.63) is 18.3 Å². The molecule has 0 unspecified atom stereocenters. The zero-order valence-electron chi connectivity index (χ0n) is 12.9. The Morgan fingerprint density at radius 3 is 2.82 bits per heavy atom. The zero-order chi connectivity index (χ0) is 15.2. The van der Waals surface area contributed by atoms with Crippen molar-refractivity contribution < 1.29 is 4.74 Å². The summed E-state index contributed by atoms with van der Waals surface area (Å²) in [6.07, 6.45) is 8.26. The van der Waals surface area contributed by atoms with Crippen molar-refractivity contribution >= 4 is 28.8 Å². The van der Waals surface area contributed by atoms with Gasteiger partial charge in [-0.3, -0.25) is 0 Å². The summed E-state index contributed by atoms with van der Waals surface area (Å²) in [5, 5.41) is 7.02. The van der Waals surface area contributed by atoms with Crippen LogP contribution in [0.1, 0.15) is 32.1 Å². The highest BCUT2D eigenvalue weighted by molar-refractivity contribution is 7.80. The predicted octanol–water partition coefficient (Wildman–Crippen LogP) is 2.54. The number of nitrogens with one attached hydrogen (secondary N) is 2. The van der Waals surface area contributed by atoms with Gasteiger partial charge in [0.25, 0.3) is 0 Å². The van der Waals surface area contributed by atoms with E-state index >= 15 is 0 Å². The Morgan fingerprint density at radius 1 is 1.27 bits per heavy atom. The second kappa shape index (κ2) is 7.74. The summed E-state index contributed by atoms with van der Waals surface area (Å²) in [6.45, 7) is 3.86. The third-order valence-electron chi connectivity index (χ3n) is 4.20. The first kappa shape index (κ1) is 15.5. The molecule has 2 N–H and O–H groups in total. The normalized spacial score (nSPS) is 21.6. The Morgan fingerprint density at radius 2 is 2.14 bits per heavy atom. The molecule has 0 amide bonds. The Bertz CT molecular complexity index is 481. The number of nitrogens with zero attached hydrogens (tertiary/aromatic N) is 2. The smallest absolute Gasteiger partial charge is 0.170 e. The van der Waals surface area contributed by atoms with Crippen LogP contribution in [0.2, 0.25) is 0 Å². The Hall–Kier alpha value is -1.40. The lowest BCUT2D eigenvalue weighted by Gasteiger charge is -2.27. The van der Waals surface area contributed by atoms with Crippen LogP contribution in [0.25, 0.3) is 0 Å². The third-order valence-corrected chi connectivity index (χ3v) is 4.45. The van der Waals surface area contributed by atoms with Gasteiger partial charge in [-0.15, -0.1) is 0 Å². The van der Waals surface area contributed by atoms with Crippen LogP contribution in [0.15, 0.2) is 18.3 Å². The van der Waals surface area contributed by atoms with Crippen LogP contribution in [0, 0.1) is 0 Å². The average molecular weight is 320 g/mol. The highest BCUT2D eigenvalue weighted by atomic mass is 32.1. The largest absolute Gasteiger partial charge is 0.376 e. The maximum Gasteiger partial charge on any atom is 0.170 e. The first-order chi connectivity index (χ1) is 10.8. The molecule has 5 nitrogen and oxygen atoms in total. The number of hydrogen-bond acceptors (Lipinski definition) is 4. The number of piperidine rings is 1. The van der Waals surface area contributed by atoms with Gasteiger partial charge >= 0.3 is 0 Å². The van der Waals surface area contributed by atoms with Crippen LogP contribution in [0.4, 0.5) is 11.5 Å². The molecule has 1 aromatic heterocycles. The fraction of sp³-hybridized carbons (Fsp3) is 0.625. The molecule has 2 aliphatic heterocycles. The van der Waals surface area contributed by atoms with Crippen molar-refractivity contribution in [3.8, 4) is 0 Å². The predicted molar refractivity (Wildman–Crippen MR) is 93.5 cm³/mol. The fourth-order valence-electron chi connectivity index (χ4n) is 2.96. The molecule has 6 heteroatoms. The fourth-order valence-corrected chi connectivity index (χ4v) is 3.16. The minimum Gasteiger partial charge on any atom is -0.376 e. The van der Waals surface area contributed by atoms with E-state index in [9.17, 15) is 0 Å². The van der Waals surface area contributed by atoms with Crippen molar-refractivity contribution in [2.45, 2.75) is 38.2 Å². The molecule has 1 aromatic rings. The first-order valence-electron chi connectivity index (χ1n) is 8.19. The quantitative estimate of drug-likeness (QED) is 0.832. The maximum absolute atomic E-state index is 5.57. The van der Waals surface area contributed by atoms with Gasteiger partial charge in [0, 0.05) is 26.2 Å². The van der Waals surface area contributed by atoms with Crippen LogP contribution in [-0.4, -0.2) is 42.4 Å². The lowest BCUT2D eigenvalue weighted by atomic mass is 10.1. The average Bonchev–Trinajstić information content (AvgIpc) is 3.08. The summed E-state index contributed by atoms with van der Waals surface area (Å²) >= 11 is 5.31. The van der Waals surface area contributed by atoms with Crippen molar-refractivity contribution in [3.63, 3.8) is 0 Å². The minimum absolute atomic E-state index is 0.291. The van der Waals surface area contributed by atoms with Gasteiger partial charge in [0.15, 0.2) is 5.11 Å². The minimum atomic E-state index is 0.291. The molecule has 3 rings (SSSR count). The molecular weight excluding hydrogens is 296 g/mol. The number of aromatic nitrogens is 1. The summed E-state index contributed by atoms with van der Waals surface area (Å²) in [5.41, 5.74) is 0.922. The number of hydrogen-bond donors (Lipinski definition) is 2. The van der Waals surface area contributed by atoms with Gasteiger partial charge < -0.3 is 20.3 Å². The van der Waals surface area contributed by atoms with Crippen molar-refractivity contribution in [2.24, 2.45) is 0 Å². The molecule has 0 radical (unpaired) electrons. The molecule has 0 bridgehead atoms. The van der Waals surface area contributed by atoms with Crippen LogP contribution in [0.3, 0.4) is 0 Å². The molecule has 2 saturated heterocycles. The Balaban J connectivity index is 1.46. The van der Waals surface area contributed by atoms with E-state index in [1.165, 1.54) is 19.3 Å². The number of rotatable bonds is 4. The van der Waals surface area contributed by atoms with E-state index in [4.69, 9.17) is 17.0 Å². The van der Waals surface area contributed by atoms with Crippen molar-refractivity contribution in [2.75, 3.05) is 36.5 Å². The lowest BCUT2D eigenvalue weighted by molar-refractivity contribution is 0.114. The Kier molecular flexibility index (Phi) is 5.45. The SMILES string of the molecule is S=C(NC[C@H]1CCCO1)Nc1ccc(N2CCCCC2)nc1. The van der Waals surface area contributed by atoms with E-state index in [2.05, 4.69) is 26.6 Å². The van der Waals surface area contributed by atoms with Gasteiger partial charge in [-0.25, -0.2) is 4.98 Å². The summed E-state index contributed by atoms with van der Waals surface area (Å²) in [7, 11) is 0. The highest BCUT2D eigenvalue weighted by Gasteiger charge is 2.15. The van der Waals surface area contributed by atoms with Gasteiger partial charge in [-0.1, -0.05) is 0 Å². The van der Waals surface area contributed by atoms with Crippen LogP contribution in [-0.2, 0) is 4.74 Å². The van der Waals surface area contributed by atoms with Crippen molar-refractivity contribution in [1.29, 1.82) is 0 Å². The molecular formula is C16H24N4OS. The van der Waals surface area contributed by atoms with Crippen LogP contribution in [0.5, 0.6) is 0 Å². The summed E-state index contributed by atoms with van der Waals surface area (Å²) in [4.78, 5) is 6.89. The lowest BCUT2D eigenvalue weighted by Crippen LogP contribution is -2.34. The molecule has 0 spiro atoms. The molecule has 1 atom stereocenters. The van der Waals surface area contributed by atoms with Crippen LogP contribution < -0.4 is 15.5 Å². The van der Waals surface area contributed by atoms with Gasteiger partial charge in [-0.2, -0.15) is 0 Å². The first-order valence-corrected chi connectivity index (χ1v) is 8.59. The molecule has 2 fully saturated rings. The maximum atomic E-state index is 5.57. The van der Waals surface area contributed by atoms with E-state index in [-0.39, 0.29) is 0 Å². The van der Waals surface area contributed by atoms with Crippen molar-refractivity contribution in [1.82, 2.24) is 10.3 Å². The number of pyridine rings is 1. The molecule has 3 heterocycles. The summed E-state index contributed by atoms with van der Waals surface area (Å²) < 4.78 is 5.57. The molecule has 22 heavy (non-hydrogen) atoms. The van der Waals surface area contributed by atoms with E-state index in [0.717, 1.165) is 50.6 Å². The summed E-state index contributed by atoms with van der Waals surface area (Å²) in [5.74, 6) is 1.06. The monoisotopic (exact) mass is 320 g/mol. The third kappa shape index (κ3) is 4.30. The number of thiocarbonyl (C=S) groups is 1. The highest BCUT2D eigenvalue weighted by Crippen LogP contribution is 2.19. The molecule has 0 aliphatic carbocycles. The van der Waals surface area contributed by atoms with Crippen LogP contribution >= 0.6 is 12.2 Å². The molecule has 0 saturated carbocycles. The van der Waals surface area contributed by atoms with Gasteiger partial charge in [0.05, 0.1) is 18.0 Å². The molecule has 2 aliphatic rings. The van der Waals surface area contributed by atoms with E-state index in [1.807, 2.05) is 12.3 Å². The second-order valence-corrected chi connectivity index (χ2v) is 6.33. The standard InChI is InChI=1S/C16H24N4OS/c22-16(18-12-14-5-4-10-21-14)19-13-6-7-15(17-11-13)20-8-2-1-3-9-20/h6-7,11,14H,1-5,8-10,12H2,(H2,18,19,22)/t14-/m1/s1. The second-order valence-electron chi connectivity index (χ2n) is 5.92. The topological polar surface area (TPSA) is 49.4 Å². The van der Waals surface area contributed by atoms with E-state index in [0.29, 0.717) is 11.2 Å². The van der Waals surface area contributed by atoms with Gasteiger partial charge in [0.1, 0.15) is 5.82 Å². The number of anilines is 2. The molecule has 0 aromatic carbocycles. The van der Waals surface area contributed by atoms with E-state index < -0.39 is 0 Å². The summed E-state index contributed by atoms with van der Waals surface area (Å²) in [6, 6.07) is 4.10. The molecule has 120 valence electrons. The van der Waals surface area contributed by atoms with E-state index in [1.54, 1.807) is 0 Å². The number of ether oxygens (including phenoxy) is 1. The van der Waals surface area contributed by atoms with Gasteiger partial charge in [0.2, 0.25) is 0 Å². The Labute approximate surface area is 137 Å². The zero-order valence-corrected chi connectivity index (χ0v) is 13.7. The van der Waals surface area contributed by atoms with Gasteiger partial charge in [-0.05, 0) is 56.5 Å².